The van der Waals surface area contributed by atoms with Crippen molar-refractivity contribution >= 4 is 19.6 Å². The molecule has 6 nitrogen and oxygen atoms in total. The van der Waals surface area contributed by atoms with E-state index in [2.05, 4.69) is 0 Å². The number of nitrogens with zero attached hydrogens (tertiary/aromatic N) is 1. The van der Waals surface area contributed by atoms with Gasteiger partial charge in [0.15, 0.2) is 0 Å². The van der Waals surface area contributed by atoms with Crippen LogP contribution in [0.15, 0.2) is 29.6 Å². The van der Waals surface area contributed by atoms with Gasteiger partial charge in [0.2, 0.25) is 0 Å². The second kappa shape index (κ2) is 9.26. The van der Waals surface area contributed by atoms with E-state index in [0.717, 1.165) is 0 Å². The van der Waals surface area contributed by atoms with Gasteiger partial charge in [-0.25, -0.2) is 4.79 Å². The average molecular weight is 337 g/mol. The SMILES string of the molecule is CCOC(=O)C(=Cc1cccc(C#N)c1)P(=O)(OCC)OCC. The van der Waals surface area contributed by atoms with Crippen molar-refractivity contribution in [3.8, 4) is 6.07 Å². The van der Waals surface area contributed by atoms with Crippen LogP contribution in [0, 0.1) is 11.3 Å². The molecular weight excluding hydrogens is 317 g/mol. The molecule has 0 bridgehead atoms. The van der Waals surface area contributed by atoms with Crippen molar-refractivity contribution in [3.05, 3.63) is 40.7 Å². The van der Waals surface area contributed by atoms with Gasteiger partial charge < -0.3 is 13.8 Å². The summed E-state index contributed by atoms with van der Waals surface area (Å²) in [5.41, 5.74) is 0.955. The molecule has 0 fully saturated rings. The highest BCUT2D eigenvalue weighted by Crippen LogP contribution is 2.57. The van der Waals surface area contributed by atoms with Crippen LogP contribution in [0.2, 0.25) is 0 Å². The van der Waals surface area contributed by atoms with Crippen LogP contribution in [0.25, 0.3) is 6.08 Å². The molecule has 0 unspecified atom stereocenters. The molecule has 0 amide bonds. The van der Waals surface area contributed by atoms with Gasteiger partial charge in [-0.3, -0.25) is 4.57 Å². The van der Waals surface area contributed by atoms with Crippen LogP contribution >= 0.6 is 7.60 Å². The molecule has 0 aromatic heterocycles. The topological polar surface area (TPSA) is 85.6 Å². The van der Waals surface area contributed by atoms with Crippen molar-refractivity contribution in [3.63, 3.8) is 0 Å². The molecule has 0 radical (unpaired) electrons. The molecule has 0 aliphatic carbocycles. The summed E-state index contributed by atoms with van der Waals surface area (Å²) in [5.74, 6) is -0.764. The van der Waals surface area contributed by atoms with Gasteiger partial charge >= 0.3 is 13.6 Å². The van der Waals surface area contributed by atoms with Crippen LogP contribution in [-0.2, 0) is 23.1 Å². The summed E-state index contributed by atoms with van der Waals surface area (Å²) in [6.45, 7) is 5.33. The molecule has 0 aliphatic heterocycles. The number of ether oxygens (including phenoxy) is 1. The molecule has 1 aromatic rings. The molecular formula is C16H20NO5P. The largest absolute Gasteiger partial charge is 0.462 e. The molecule has 23 heavy (non-hydrogen) atoms. The molecule has 7 heteroatoms. The first-order valence-corrected chi connectivity index (χ1v) is 8.83. The van der Waals surface area contributed by atoms with Crippen LogP contribution in [0.4, 0.5) is 0 Å². The van der Waals surface area contributed by atoms with Crippen LogP contribution in [-0.4, -0.2) is 25.8 Å². The number of rotatable bonds is 8. The summed E-state index contributed by atoms with van der Waals surface area (Å²) in [4.78, 5) is 12.2. The number of carbonyl (C=O) groups is 1. The molecule has 0 heterocycles. The van der Waals surface area contributed by atoms with Gasteiger partial charge in [0.1, 0.15) is 5.31 Å². The summed E-state index contributed by atoms with van der Waals surface area (Å²) in [7, 11) is -3.80. The molecule has 0 spiro atoms. The zero-order chi connectivity index (χ0) is 17.3. The van der Waals surface area contributed by atoms with E-state index in [4.69, 9.17) is 19.0 Å². The zero-order valence-corrected chi connectivity index (χ0v) is 14.3. The second-order valence-corrected chi connectivity index (χ2v) is 6.31. The van der Waals surface area contributed by atoms with Crippen molar-refractivity contribution in [2.45, 2.75) is 20.8 Å². The Morgan fingerprint density at radius 1 is 1.22 bits per heavy atom. The number of benzene rings is 1. The van der Waals surface area contributed by atoms with E-state index >= 15 is 0 Å². The first kappa shape index (κ1) is 19.1. The highest BCUT2D eigenvalue weighted by Gasteiger charge is 2.36. The third-order valence-electron chi connectivity index (χ3n) is 2.70. The Kier molecular flexibility index (Phi) is 7.70. The van der Waals surface area contributed by atoms with E-state index < -0.39 is 13.6 Å². The van der Waals surface area contributed by atoms with Gasteiger partial charge in [-0.1, -0.05) is 12.1 Å². The minimum atomic E-state index is -3.80. The minimum absolute atomic E-state index is 0.117. The second-order valence-electron chi connectivity index (χ2n) is 4.32. The molecule has 1 rings (SSSR count). The van der Waals surface area contributed by atoms with E-state index in [1.165, 1.54) is 6.08 Å². The van der Waals surface area contributed by atoms with Crippen molar-refractivity contribution < 1.29 is 23.1 Å². The quantitative estimate of drug-likeness (QED) is 0.408. The Hall–Kier alpha value is -1.93. The fourth-order valence-corrected chi connectivity index (χ4v) is 3.45. The monoisotopic (exact) mass is 337 g/mol. The predicted molar refractivity (Wildman–Crippen MR) is 86.6 cm³/mol. The first-order chi connectivity index (χ1) is 11.0. The maximum Gasteiger partial charge on any atom is 0.368 e. The molecule has 0 aliphatic rings. The van der Waals surface area contributed by atoms with Gasteiger partial charge in [0.05, 0.1) is 31.5 Å². The van der Waals surface area contributed by atoms with Gasteiger partial charge in [0.25, 0.3) is 0 Å². The standard InChI is InChI=1S/C16H20NO5P/c1-4-20-16(18)15(23(19,21-5-2)22-6-3)11-13-8-7-9-14(10-13)12-17/h7-11H,4-6H2,1-3H3. The normalized spacial score (nSPS) is 11.8. The smallest absolute Gasteiger partial charge is 0.368 e. The summed E-state index contributed by atoms with van der Waals surface area (Å²) >= 11 is 0. The lowest BCUT2D eigenvalue weighted by atomic mass is 10.1. The molecule has 124 valence electrons. The van der Waals surface area contributed by atoms with E-state index in [9.17, 15) is 9.36 Å². The van der Waals surface area contributed by atoms with E-state index in [1.807, 2.05) is 6.07 Å². The van der Waals surface area contributed by atoms with Crippen molar-refractivity contribution in [2.24, 2.45) is 0 Å². The van der Waals surface area contributed by atoms with Crippen LogP contribution in [0.1, 0.15) is 31.9 Å². The molecule has 0 saturated heterocycles. The maximum absolute atomic E-state index is 12.9. The lowest BCUT2D eigenvalue weighted by Gasteiger charge is -2.19. The predicted octanol–water partition coefficient (Wildman–Crippen LogP) is 3.73. The minimum Gasteiger partial charge on any atom is -0.462 e. The summed E-state index contributed by atoms with van der Waals surface area (Å²) in [6.07, 6.45) is 1.38. The average Bonchev–Trinajstić information content (AvgIpc) is 2.53. The third kappa shape index (κ3) is 5.33. The number of nitriles is 1. The number of hydrogen-bond acceptors (Lipinski definition) is 6. The molecule has 0 saturated carbocycles. The van der Waals surface area contributed by atoms with E-state index in [0.29, 0.717) is 11.1 Å². The van der Waals surface area contributed by atoms with E-state index in [1.54, 1.807) is 45.0 Å². The van der Waals surface area contributed by atoms with Crippen molar-refractivity contribution in [1.82, 2.24) is 0 Å². The zero-order valence-electron chi connectivity index (χ0n) is 13.4. The van der Waals surface area contributed by atoms with Gasteiger partial charge in [0, 0.05) is 0 Å². The lowest BCUT2D eigenvalue weighted by Crippen LogP contribution is -2.11. The van der Waals surface area contributed by atoms with Crippen LogP contribution < -0.4 is 0 Å². The lowest BCUT2D eigenvalue weighted by molar-refractivity contribution is -0.137. The van der Waals surface area contributed by atoms with Crippen LogP contribution in [0.3, 0.4) is 0 Å². The Bertz CT molecular complexity index is 653. The molecule has 0 atom stereocenters. The van der Waals surface area contributed by atoms with Crippen molar-refractivity contribution in [2.75, 3.05) is 19.8 Å². The van der Waals surface area contributed by atoms with Crippen LogP contribution in [0.5, 0.6) is 0 Å². The van der Waals surface area contributed by atoms with Gasteiger partial charge in [-0.2, -0.15) is 5.26 Å². The fraction of sp³-hybridized carbons (Fsp3) is 0.375. The summed E-state index contributed by atoms with van der Waals surface area (Å²) in [6, 6.07) is 8.56. The summed E-state index contributed by atoms with van der Waals surface area (Å²) < 4.78 is 28.3. The summed E-state index contributed by atoms with van der Waals surface area (Å²) in [5, 5.41) is 8.77. The Labute approximate surface area is 136 Å². The number of carbonyl (C=O) groups excluding carboxylic acids is 1. The Morgan fingerprint density at radius 2 is 1.87 bits per heavy atom. The Morgan fingerprint density at radius 3 is 2.39 bits per heavy atom. The number of hydrogen-bond donors (Lipinski definition) is 0. The highest BCUT2D eigenvalue weighted by atomic mass is 31.2. The first-order valence-electron chi connectivity index (χ1n) is 7.29. The molecule has 0 N–H and O–H groups in total. The fourth-order valence-electron chi connectivity index (χ4n) is 1.83. The van der Waals surface area contributed by atoms with Gasteiger partial charge in [-0.05, 0) is 44.5 Å². The molecule has 1 aromatic carbocycles. The maximum atomic E-state index is 12.9. The highest BCUT2D eigenvalue weighted by molar-refractivity contribution is 7.60. The Balaban J connectivity index is 3.38. The van der Waals surface area contributed by atoms with Gasteiger partial charge in [-0.15, -0.1) is 0 Å². The third-order valence-corrected chi connectivity index (χ3v) is 4.79. The van der Waals surface area contributed by atoms with E-state index in [-0.39, 0.29) is 25.1 Å². The number of esters is 1. The van der Waals surface area contributed by atoms with Crippen molar-refractivity contribution in [1.29, 1.82) is 5.26 Å².